The average molecular weight is 380 g/mol. The molecule has 1 N–H and O–H groups in total. The van der Waals surface area contributed by atoms with E-state index in [0.29, 0.717) is 17.6 Å². The molecule has 1 aromatic heterocycles. The number of rotatable bonds is 4. The molecule has 0 unspecified atom stereocenters. The maximum atomic E-state index is 13.4. The van der Waals surface area contributed by atoms with E-state index in [1.807, 2.05) is 12.1 Å². The molecule has 5 heteroatoms. The van der Waals surface area contributed by atoms with Crippen LogP contribution in [0.15, 0.2) is 40.8 Å². The fraction of sp³-hybridized carbons (Fsp3) is 0.522. The Morgan fingerprint density at radius 2 is 1.96 bits per heavy atom. The SMILES string of the molecule is Cc1ccccc1[C@H]1[C@H]2CNC[C@H]2CN1C(=O)c1ccc(CN2CCCC2)o1. The van der Waals surface area contributed by atoms with Gasteiger partial charge in [0.05, 0.1) is 12.6 Å². The molecule has 0 bridgehead atoms. The highest BCUT2D eigenvalue weighted by molar-refractivity contribution is 5.92. The van der Waals surface area contributed by atoms with E-state index in [2.05, 4.69) is 46.3 Å². The Kier molecular flexibility index (Phi) is 4.73. The standard InChI is InChI=1S/C23H29N3O2/c1-16-6-2-3-7-19(16)22-20-13-24-12-17(20)14-26(22)23(27)21-9-8-18(28-21)15-25-10-4-5-11-25/h2-3,6-9,17,20,22,24H,4-5,10-15H2,1H3/t17-,20-,22-/m0/s1. The summed E-state index contributed by atoms with van der Waals surface area (Å²) in [7, 11) is 0. The molecule has 3 saturated heterocycles. The molecule has 0 radical (unpaired) electrons. The first-order chi connectivity index (χ1) is 13.7. The second kappa shape index (κ2) is 7.37. The third-order valence-corrected chi connectivity index (χ3v) is 6.78. The van der Waals surface area contributed by atoms with E-state index in [-0.39, 0.29) is 11.9 Å². The van der Waals surface area contributed by atoms with Crippen molar-refractivity contribution in [2.24, 2.45) is 11.8 Å². The second-order valence-electron chi connectivity index (χ2n) is 8.59. The smallest absolute Gasteiger partial charge is 0.290 e. The van der Waals surface area contributed by atoms with Gasteiger partial charge in [0, 0.05) is 25.6 Å². The third-order valence-electron chi connectivity index (χ3n) is 6.78. The van der Waals surface area contributed by atoms with Crippen LogP contribution in [0.3, 0.4) is 0 Å². The van der Waals surface area contributed by atoms with Crippen LogP contribution in [0.1, 0.15) is 46.3 Å². The summed E-state index contributed by atoms with van der Waals surface area (Å²) in [4.78, 5) is 17.9. The molecule has 3 aliphatic heterocycles. The predicted octanol–water partition coefficient (Wildman–Crippen LogP) is 3.22. The Bertz CT molecular complexity index is 855. The van der Waals surface area contributed by atoms with Gasteiger partial charge in [0.2, 0.25) is 0 Å². The minimum absolute atomic E-state index is 0.0373. The average Bonchev–Trinajstić information content (AvgIpc) is 3.47. The summed E-state index contributed by atoms with van der Waals surface area (Å²) in [6.07, 6.45) is 2.52. The third kappa shape index (κ3) is 3.16. The zero-order valence-corrected chi connectivity index (χ0v) is 16.6. The lowest BCUT2D eigenvalue weighted by molar-refractivity contribution is 0.0677. The minimum atomic E-state index is 0.0373. The van der Waals surface area contributed by atoms with Crippen molar-refractivity contribution in [3.63, 3.8) is 0 Å². The van der Waals surface area contributed by atoms with Crippen LogP contribution in [0.4, 0.5) is 0 Å². The molecule has 5 rings (SSSR count). The molecule has 1 aromatic carbocycles. The minimum Gasteiger partial charge on any atom is -0.455 e. The maximum Gasteiger partial charge on any atom is 0.290 e. The molecule has 2 aromatic rings. The Balaban J connectivity index is 1.40. The first-order valence-corrected chi connectivity index (χ1v) is 10.6. The summed E-state index contributed by atoms with van der Waals surface area (Å²) >= 11 is 0. The number of fused-ring (bicyclic) bond motifs is 1. The van der Waals surface area contributed by atoms with Crippen LogP contribution in [0.5, 0.6) is 0 Å². The van der Waals surface area contributed by atoms with Crippen molar-refractivity contribution in [2.45, 2.75) is 32.4 Å². The van der Waals surface area contributed by atoms with Gasteiger partial charge in [-0.25, -0.2) is 0 Å². The van der Waals surface area contributed by atoms with Crippen molar-refractivity contribution in [1.29, 1.82) is 0 Å². The number of amides is 1. The number of hydrogen-bond acceptors (Lipinski definition) is 4. The summed E-state index contributed by atoms with van der Waals surface area (Å²) in [5.41, 5.74) is 2.53. The second-order valence-corrected chi connectivity index (χ2v) is 8.59. The highest BCUT2D eigenvalue weighted by atomic mass is 16.4. The topological polar surface area (TPSA) is 48.7 Å². The van der Waals surface area contributed by atoms with E-state index in [1.54, 1.807) is 0 Å². The number of aryl methyl sites for hydroxylation is 1. The summed E-state index contributed by atoms with van der Waals surface area (Å²) in [6.45, 7) is 7.99. The van der Waals surface area contributed by atoms with Gasteiger partial charge in [-0.05, 0) is 62.0 Å². The zero-order valence-electron chi connectivity index (χ0n) is 16.6. The number of nitrogens with zero attached hydrogens (tertiary/aromatic N) is 2. The van der Waals surface area contributed by atoms with Gasteiger partial charge in [0.25, 0.3) is 5.91 Å². The van der Waals surface area contributed by atoms with Crippen molar-refractivity contribution in [1.82, 2.24) is 15.1 Å². The summed E-state index contributed by atoms with van der Waals surface area (Å²) in [5.74, 6) is 2.42. The lowest BCUT2D eigenvalue weighted by atomic mass is 9.87. The van der Waals surface area contributed by atoms with E-state index < -0.39 is 0 Å². The van der Waals surface area contributed by atoms with Gasteiger partial charge in [-0.1, -0.05) is 24.3 Å². The van der Waals surface area contributed by atoms with Crippen LogP contribution < -0.4 is 5.32 Å². The Morgan fingerprint density at radius 3 is 2.79 bits per heavy atom. The van der Waals surface area contributed by atoms with Gasteiger partial charge < -0.3 is 14.6 Å². The van der Waals surface area contributed by atoms with Crippen LogP contribution in [0, 0.1) is 18.8 Å². The molecule has 4 heterocycles. The number of likely N-dealkylation sites (tertiary alicyclic amines) is 2. The summed E-state index contributed by atoms with van der Waals surface area (Å²) in [5, 5.41) is 3.52. The van der Waals surface area contributed by atoms with Gasteiger partial charge in [-0.3, -0.25) is 9.69 Å². The van der Waals surface area contributed by atoms with Crippen LogP contribution in [0.2, 0.25) is 0 Å². The Morgan fingerprint density at radius 1 is 1.14 bits per heavy atom. The van der Waals surface area contributed by atoms with Gasteiger partial charge >= 0.3 is 0 Å². The van der Waals surface area contributed by atoms with E-state index in [1.165, 1.54) is 24.0 Å². The molecule has 148 valence electrons. The quantitative estimate of drug-likeness (QED) is 0.886. The van der Waals surface area contributed by atoms with Crippen molar-refractivity contribution in [3.05, 3.63) is 59.0 Å². The van der Waals surface area contributed by atoms with E-state index in [9.17, 15) is 4.79 Å². The fourth-order valence-corrected chi connectivity index (χ4v) is 5.33. The number of benzene rings is 1. The number of hydrogen-bond donors (Lipinski definition) is 1. The Hall–Kier alpha value is -2.11. The molecule has 0 spiro atoms. The lowest BCUT2D eigenvalue weighted by Crippen LogP contribution is -2.34. The maximum absolute atomic E-state index is 13.4. The lowest BCUT2D eigenvalue weighted by Gasteiger charge is -2.29. The van der Waals surface area contributed by atoms with E-state index in [4.69, 9.17) is 4.42 Å². The van der Waals surface area contributed by atoms with Gasteiger partial charge in [0.1, 0.15) is 5.76 Å². The van der Waals surface area contributed by atoms with Crippen LogP contribution in [-0.4, -0.2) is 48.4 Å². The van der Waals surface area contributed by atoms with Gasteiger partial charge in [0.15, 0.2) is 5.76 Å². The largest absolute Gasteiger partial charge is 0.455 e. The summed E-state index contributed by atoms with van der Waals surface area (Å²) < 4.78 is 6.01. The Labute approximate surface area is 166 Å². The molecule has 3 fully saturated rings. The van der Waals surface area contributed by atoms with Crippen molar-refractivity contribution in [3.8, 4) is 0 Å². The highest BCUT2D eigenvalue weighted by Crippen LogP contribution is 2.44. The number of nitrogens with one attached hydrogen (secondary N) is 1. The highest BCUT2D eigenvalue weighted by Gasteiger charge is 2.47. The molecular formula is C23H29N3O2. The molecule has 28 heavy (non-hydrogen) atoms. The fourth-order valence-electron chi connectivity index (χ4n) is 5.33. The van der Waals surface area contributed by atoms with Crippen LogP contribution in [-0.2, 0) is 6.54 Å². The molecule has 3 atom stereocenters. The van der Waals surface area contributed by atoms with Gasteiger partial charge in [-0.15, -0.1) is 0 Å². The molecule has 1 amide bonds. The number of carbonyl (C=O) groups is 1. The normalized spacial score (nSPS) is 27.5. The summed E-state index contributed by atoms with van der Waals surface area (Å²) in [6, 6.07) is 12.5. The first kappa shape index (κ1) is 18.0. The van der Waals surface area contributed by atoms with E-state index in [0.717, 1.165) is 45.0 Å². The number of furan rings is 1. The van der Waals surface area contributed by atoms with E-state index >= 15 is 0 Å². The zero-order chi connectivity index (χ0) is 19.1. The van der Waals surface area contributed by atoms with Gasteiger partial charge in [-0.2, -0.15) is 0 Å². The van der Waals surface area contributed by atoms with Crippen molar-refractivity contribution >= 4 is 5.91 Å². The van der Waals surface area contributed by atoms with Crippen molar-refractivity contribution < 1.29 is 9.21 Å². The molecule has 0 aliphatic carbocycles. The molecule has 0 saturated carbocycles. The van der Waals surface area contributed by atoms with Crippen LogP contribution in [0.25, 0.3) is 0 Å². The molecule has 5 nitrogen and oxygen atoms in total. The van der Waals surface area contributed by atoms with Crippen molar-refractivity contribution in [2.75, 3.05) is 32.7 Å². The molecular weight excluding hydrogens is 350 g/mol. The predicted molar refractivity (Wildman–Crippen MR) is 108 cm³/mol. The number of carbonyl (C=O) groups excluding carboxylic acids is 1. The first-order valence-electron chi connectivity index (χ1n) is 10.6. The van der Waals surface area contributed by atoms with Crippen LogP contribution >= 0.6 is 0 Å². The monoisotopic (exact) mass is 379 g/mol. The molecule has 3 aliphatic rings.